The van der Waals surface area contributed by atoms with E-state index < -0.39 is 152 Å². The van der Waals surface area contributed by atoms with E-state index in [1.807, 2.05) is 0 Å². The van der Waals surface area contributed by atoms with Gasteiger partial charge in [-0.25, -0.2) is 19.2 Å². The molecular formula is C34H28O22. The number of phenolic OH excluding ortho intramolecular Hbond substituents is 12. The first kappa shape index (κ1) is 39.5. The number of rotatable bonds is 9. The number of carbonyl (C=O) groups excluding carboxylic acids is 4. The lowest BCUT2D eigenvalue weighted by atomic mass is 9.97. The minimum Gasteiger partial charge on any atom is -0.504 e. The summed E-state index contributed by atoms with van der Waals surface area (Å²) in [5.41, 5.74) is -2.68. The summed E-state index contributed by atoms with van der Waals surface area (Å²) >= 11 is 0. The molecule has 1 aliphatic heterocycles. The topological polar surface area (TPSA) is 377 Å². The van der Waals surface area contributed by atoms with Crippen LogP contribution >= 0.6 is 0 Å². The Kier molecular flexibility index (Phi) is 10.8. The molecule has 0 radical (unpaired) electrons. The van der Waals surface area contributed by atoms with Gasteiger partial charge in [0.25, 0.3) is 0 Å². The van der Waals surface area contributed by atoms with Crippen molar-refractivity contribution in [2.75, 3.05) is 6.61 Å². The molecule has 1 fully saturated rings. The average Bonchev–Trinajstić information content (AvgIpc) is 3.14. The molecule has 1 aliphatic rings. The Bertz CT molecular complexity index is 2140. The van der Waals surface area contributed by atoms with E-state index in [-0.39, 0.29) is 0 Å². The Morgan fingerprint density at radius 2 is 0.696 bits per heavy atom. The van der Waals surface area contributed by atoms with Gasteiger partial charge in [-0.3, -0.25) is 0 Å². The summed E-state index contributed by atoms with van der Waals surface area (Å²) in [6, 6.07) is 4.99. The van der Waals surface area contributed by atoms with E-state index in [2.05, 4.69) is 0 Å². The van der Waals surface area contributed by atoms with Gasteiger partial charge in [-0.2, -0.15) is 0 Å². The van der Waals surface area contributed by atoms with Crippen LogP contribution in [0, 0.1) is 0 Å². The summed E-state index contributed by atoms with van der Waals surface area (Å²) in [6.07, 6.45) is -11.2. The van der Waals surface area contributed by atoms with Gasteiger partial charge in [0.2, 0.25) is 0 Å². The molecule has 22 heteroatoms. The molecule has 1 saturated heterocycles. The van der Waals surface area contributed by atoms with Crippen LogP contribution in [0.1, 0.15) is 41.4 Å². The molecule has 296 valence electrons. The van der Waals surface area contributed by atoms with Gasteiger partial charge in [-0.05, 0) is 48.5 Å². The van der Waals surface area contributed by atoms with Crippen molar-refractivity contribution < 1.29 is 109 Å². The number of carbonyl (C=O) groups is 4. The first-order chi connectivity index (χ1) is 26.3. The third-order valence-corrected chi connectivity index (χ3v) is 7.94. The van der Waals surface area contributed by atoms with Crippen molar-refractivity contribution in [2.45, 2.75) is 30.7 Å². The molecule has 56 heavy (non-hydrogen) atoms. The van der Waals surface area contributed by atoms with Gasteiger partial charge in [0.15, 0.2) is 93.6 Å². The molecule has 4 aromatic rings. The largest absolute Gasteiger partial charge is 0.504 e. The van der Waals surface area contributed by atoms with E-state index in [4.69, 9.17) is 23.7 Å². The molecule has 5 atom stereocenters. The van der Waals surface area contributed by atoms with Crippen molar-refractivity contribution in [2.24, 2.45) is 0 Å². The molecule has 0 bridgehead atoms. The lowest BCUT2D eigenvalue weighted by Gasteiger charge is -2.42. The molecule has 1 heterocycles. The maximum absolute atomic E-state index is 13.5. The quantitative estimate of drug-likeness (QED) is 0.0630. The molecular weight excluding hydrogens is 760 g/mol. The fourth-order valence-electron chi connectivity index (χ4n) is 5.14. The first-order valence-corrected chi connectivity index (χ1v) is 15.4. The zero-order valence-corrected chi connectivity index (χ0v) is 27.7. The van der Waals surface area contributed by atoms with E-state index in [1.165, 1.54) is 0 Å². The summed E-state index contributed by atoms with van der Waals surface area (Å²) in [5, 5.41) is 129. The summed E-state index contributed by atoms with van der Waals surface area (Å²) < 4.78 is 26.8. The Morgan fingerprint density at radius 3 is 1.02 bits per heavy atom. The lowest BCUT2D eigenvalue weighted by Crippen LogP contribution is -2.62. The molecule has 5 rings (SSSR count). The zero-order valence-electron chi connectivity index (χ0n) is 27.7. The number of hydrogen-bond donors (Lipinski definition) is 13. The molecule has 0 spiro atoms. The highest BCUT2D eigenvalue weighted by atomic mass is 16.7. The maximum Gasteiger partial charge on any atom is 0.339 e. The van der Waals surface area contributed by atoms with Crippen LogP contribution < -0.4 is 0 Å². The average molecular weight is 789 g/mol. The van der Waals surface area contributed by atoms with Crippen molar-refractivity contribution in [3.8, 4) is 69.0 Å². The summed E-state index contributed by atoms with van der Waals surface area (Å²) in [5.74, 6) is -18.2. The summed E-state index contributed by atoms with van der Waals surface area (Å²) in [6.45, 7) is -1.09. The van der Waals surface area contributed by atoms with Crippen molar-refractivity contribution in [1.82, 2.24) is 0 Å². The Balaban J connectivity index is 1.57. The minimum absolute atomic E-state index is 0.570. The SMILES string of the molecule is O=C(OCC1O[C@@H](O)C(OC(=O)c2cc(O)c(O)c(O)c2)[C@@H](OC(=O)c2cc(O)c(O)c(O)c2)[C@@H]1OC(=O)c1cc(O)c(O)c(O)c1)c1cc(O)c(O)c(O)c1. The molecule has 0 aromatic heterocycles. The van der Waals surface area contributed by atoms with Gasteiger partial charge in [0.05, 0.1) is 22.3 Å². The van der Waals surface area contributed by atoms with Crippen LogP contribution in [0.2, 0.25) is 0 Å². The van der Waals surface area contributed by atoms with Crippen molar-refractivity contribution in [3.05, 3.63) is 70.8 Å². The number of hydrogen-bond acceptors (Lipinski definition) is 22. The van der Waals surface area contributed by atoms with Crippen LogP contribution in [0.5, 0.6) is 69.0 Å². The van der Waals surface area contributed by atoms with Gasteiger partial charge in [0.1, 0.15) is 12.7 Å². The van der Waals surface area contributed by atoms with Crippen molar-refractivity contribution in [3.63, 3.8) is 0 Å². The second-order valence-corrected chi connectivity index (χ2v) is 11.7. The van der Waals surface area contributed by atoms with Gasteiger partial charge in [0, 0.05) is 0 Å². The number of aliphatic hydroxyl groups is 1. The second-order valence-electron chi connectivity index (χ2n) is 11.7. The first-order valence-electron chi connectivity index (χ1n) is 15.4. The number of esters is 4. The smallest absolute Gasteiger partial charge is 0.339 e. The monoisotopic (exact) mass is 788 g/mol. The number of ether oxygens (including phenoxy) is 5. The zero-order chi connectivity index (χ0) is 41.3. The number of aliphatic hydroxyl groups excluding tert-OH is 1. The highest BCUT2D eigenvalue weighted by molar-refractivity contribution is 5.93. The Labute approximate surface area is 310 Å². The molecule has 0 saturated carbocycles. The third kappa shape index (κ3) is 7.95. The number of aromatic hydroxyl groups is 12. The van der Waals surface area contributed by atoms with Crippen LogP contribution in [0.15, 0.2) is 48.5 Å². The van der Waals surface area contributed by atoms with E-state index >= 15 is 0 Å². The van der Waals surface area contributed by atoms with E-state index in [0.29, 0.717) is 48.5 Å². The molecule has 0 aliphatic carbocycles. The van der Waals surface area contributed by atoms with Gasteiger partial charge < -0.3 is 90.1 Å². The van der Waals surface area contributed by atoms with Crippen LogP contribution in [0.3, 0.4) is 0 Å². The molecule has 0 amide bonds. The summed E-state index contributed by atoms with van der Waals surface area (Å²) in [4.78, 5) is 53.1. The lowest BCUT2D eigenvalue weighted by molar-refractivity contribution is -0.284. The van der Waals surface area contributed by atoms with Crippen LogP contribution in [0.4, 0.5) is 0 Å². The van der Waals surface area contributed by atoms with E-state index in [9.17, 15) is 85.6 Å². The van der Waals surface area contributed by atoms with Crippen molar-refractivity contribution in [1.29, 1.82) is 0 Å². The summed E-state index contributed by atoms with van der Waals surface area (Å²) in [7, 11) is 0. The fourth-order valence-corrected chi connectivity index (χ4v) is 5.14. The third-order valence-electron chi connectivity index (χ3n) is 7.94. The Morgan fingerprint density at radius 1 is 0.429 bits per heavy atom. The molecule has 22 nitrogen and oxygen atoms in total. The highest BCUT2D eigenvalue weighted by Crippen LogP contribution is 2.40. The van der Waals surface area contributed by atoms with E-state index in [1.54, 1.807) is 0 Å². The second kappa shape index (κ2) is 15.3. The van der Waals surface area contributed by atoms with Gasteiger partial charge in [-0.15, -0.1) is 0 Å². The van der Waals surface area contributed by atoms with Crippen LogP contribution in [-0.2, 0) is 23.7 Å². The molecule has 4 aromatic carbocycles. The van der Waals surface area contributed by atoms with Gasteiger partial charge >= 0.3 is 23.9 Å². The Hall–Kier alpha value is -7.72. The molecule has 13 N–H and O–H groups in total. The van der Waals surface area contributed by atoms with Crippen LogP contribution in [-0.4, -0.2) is 128 Å². The molecule has 2 unspecified atom stereocenters. The number of phenols is 12. The predicted molar refractivity (Wildman–Crippen MR) is 175 cm³/mol. The van der Waals surface area contributed by atoms with E-state index in [0.717, 1.165) is 0 Å². The fraction of sp³-hybridized carbons (Fsp3) is 0.176. The van der Waals surface area contributed by atoms with Crippen LogP contribution in [0.25, 0.3) is 0 Å². The van der Waals surface area contributed by atoms with Crippen molar-refractivity contribution >= 4 is 23.9 Å². The number of benzene rings is 4. The normalized spacial score (nSPS) is 19.1. The maximum atomic E-state index is 13.5. The van der Waals surface area contributed by atoms with Gasteiger partial charge in [-0.1, -0.05) is 0 Å². The predicted octanol–water partition coefficient (Wildman–Crippen LogP) is 0.705. The standard InChI is InChI=1S/C34H28O22/c35-14-1-10(2-15(36)23(14)43)30(47)52-9-22-27(54-31(48)11-3-16(37)24(44)17(38)4-11)28(55-32(49)12-5-18(39)25(45)19(40)6-12)29(34(51)53-22)56-33(50)13-7-20(41)26(46)21(42)8-13/h1-8,22,27-29,34-46,51H,9H2/t22?,27-,28+,29?,34-/m1/s1. The minimum atomic E-state index is -2.43. The highest BCUT2D eigenvalue weighted by Gasteiger charge is 2.53.